The number of halogens is 2. The molecule has 2 saturated carbocycles. The molecular weight excluding hydrogens is 468 g/mol. The molecule has 0 spiro atoms. The number of hydrogen-bond acceptors (Lipinski definition) is 5. The van der Waals surface area contributed by atoms with Gasteiger partial charge in [0.25, 0.3) is 5.91 Å². The second-order valence-electron chi connectivity index (χ2n) is 10.6. The number of aryl methyl sites for hydroxylation is 1. The van der Waals surface area contributed by atoms with Crippen molar-refractivity contribution in [2.75, 3.05) is 0 Å². The maximum Gasteiger partial charge on any atom is 0.252 e. The number of rotatable bonds is 8. The van der Waals surface area contributed by atoms with Gasteiger partial charge in [-0.1, -0.05) is 35.9 Å². The van der Waals surface area contributed by atoms with Gasteiger partial charge < -0.3 is 24.3 Å². The Morgan fingerprint density at radius 1 is 1.06 bits per heavy atom. The molecule has 36 heavy (non-hydrogen) atoms. The predicted molar refractivity (Wildman–Crippen MR) is 128 cm³/mol. The average molecular weight is 502 g/mol. The highest BCUT2D eigenvalue weighted by Gasteiger charge is 2.58. The molecule has 2 aromatic carbocycles. The molecule has 0 bridgehead atoms. The second kappa shape index (κ2) is 9.82. The third-order valence-electron chi connectivity index (χ3n) is 7.08. The van der Waals surface area contributed by atoms with Crippen LogP contribution in [-0.2, 0) is 37.0 Å². The summed E-state index contributed by atoms with van der Waals surface area (Å²) in [5, 5.41) is 3.09. The van der Waals surface area contributed by atoms with Crippen molar-refractivity contribution in [3.8, 4) is 0 Å². The number of benzene rings is 2. The van der Waals surface area contributed by atoms with Crippen LogP contribution in [0.4, 0.5) is 8.78 Å². The summed E-state index contributed by atoms with van der Waals surface area (Å²) in [5.74, 6) is -2.46. The van der Waals surface area contributed by atoms with Crippen LogP contribution in [-0.4, -0.2) is 41.6 Å². The van der Waals surface area contributed by atoms with Gasteiger partial charge in [0, 0.05) is 24.4 Å². The van der Waals surface area contributed by atoms with Crippen LogP contribution in [0.3, 0.4) is 0 Å². The first-order chi connectivity index (χ1) is 17.1. The van der Waals surface area contributed by atoms with Crippen molar-refractivity contribution in [1.29, 1.82) is 0 Å². The number of nitrogens with one attached hydrogen (secondary N) is 1. The molecule has 5 rings (SSSR count). The Hall–Kier alpha value is -2.39. The Morgan fingerprint density at radius 3 is 2.47 bits per heavy atom. The van der Waals surface area contributed by atoms with E-state index < -0.39 is 41.3 Å². The van der Waals surface area contributed by atoms with Crippen molar-refractivity contribution in [2.45, 2.75) is 95.4 Å². The highest BCUT2D eigenvalue weighted by atomic mass is 19.1. The second-order valence-corrected chi connectivity index (χ2v) is 10.6. The fourth-order valence-corrected chi connectivity index (χ4v) is 5.14. The standard InChI is InChI=1S/C28H33F2NO5/c1-17-6-4-7-18(12-17)15-34-28(26(32)31-19-10-11-19)13-23(25-24(14-28)35-27(2,3)36-25)33-16-20-21(29)8-5-9-22(20)30/h4-9,12,19,23-25H,10-11,13-16H2,1-3H3,(H,31,32)/t23?,24-,25+,28-/m1/s1. The van der Waals surface area contributed by atoms with E-state index in [1.54, 1.807) is 13.8 Å². The third-order valence-corrected chi connectivity index (χ3v) is 7.08. The monoisotopic (exact) mass is 501 g/mol. The first kappa shape index (κ1) is 25.3. The molecule has 1 aliphatic heterocycles. The van der Waals surface area contributed by atoms with E-state index in [1.807, 2.05) is 31.2 Å². The minimum Gasteiger partial charge on any atom is -0.370 e. The van der Waals surface area contributed by atoms with Crippen molar-refractivity contribution < 1.29 is 32.5 Å². The van der Waals surface area contributed by atoms with E-state index >= 15 is 0 Å². The van der Waals surface area contributed by atoms with Crippen LogP contribution in [0.25, 0.3) is 0 Å². The normalized spacial score (nSPS) is 29.1. The lowest BCUT2D eigenvalue weighted by Crippen LogP contribution is -2.60. The van der Waals surface area contributed by atoms with Crippen LogP contribution < -0.4 is 5.32 Å². The minimum atomic E-state index is -1.24. The maximum atomic E-state index is 14.3. The quantitative estimate of drug-likeness (QED) is 0.568. The van der Waals surface area contributed by atoms with Crippen molar-refractivity contribution >= 4 is 5.91 Å². The van der Waals surface area contributed by atoms with E-state index in [2.05, 4.69) is 5.32 Å². The molecule has 1 heterocycles. The van der Waals surface area contributed by atoms with E-state index in [1.165, 1.54) is 18.2 Å². The third kappa shape index (κ3) is 5.47. The Balaban J connectivity index is 1.42. The Labute approximate surface area is 210 Å². The molecule has 0 radical (unpaired) electrons. The highest BCUT2D eigenvalue weighted by Crippen LogP contribution is 2.44. The zero-order valence-corrected chi connectivity index (χ0v) is 20.9. The van der Waals surface area contributed by atoms with Crippen LogP contribution >= 0.6 is 0 Å². The lowest BCUT2D eigenvalue weighted by atomic mass is 9.78. The summed E-state index contributed by atoms with van der Waals surface area (Å²) in [4.78, 5) is 13.6. The Morgan fingerprint density at radius 2 is 1.78 bits per heavy atom. The van der Waals surface area contributed by atoms with E-state index in [0.29, 0.717) is 6.42 Å². The maximum absolute atomic E-state index is 14.3. The van der Waals surface area contributed by atoms with Crippen molar-refractivity contribution in [2.24, 2.45) is 0 Å². The molecule has 3 aliphatic rings. The van der Waals surface area contributed by atoms with Crippen LogP contribution in [0.2, 0.25) is 0 Å². The van der Waals surface area contributed by atoms with Crippen LogP contribution in [0, 0.1) is 18.6 Å². The zero-order valence-electron chi connectivity index (χ0n) is 20.9. The van der Waals surface area contributed by atoms with Crippen molar-refractivity contribution in [1.82, 2.24) is 5.32 Å². The predicted octanol–water partition coefficient (Wildman–Crippen LogP) is 4.71. The molecule has 1 saturated heterocycles. The lowest BCUT2D eigenvalue weighted by molar-refractivity contribution is -0.183. The number of ether oxygens (including phenoxy) is 4. The molecular formula is C28H33F2NO5. The van der Waals surface area contributed by atoms with Gasteiger partial charge in [-0.15, -0.1) is 0 Å². The molecule has 3 fully saturated rings. The fourth-order valence-electron chi connectivity index (χ4n) is 5.14. The topological polar surface area (TPSA) is 66.0 Å². The summed E-state index contributed by atoms with van der Waals surface area (Å²) in [5.41, 5.74) is 0.645. The number of fused-ring (bicyclic) bond motifs is 1. The van der Waals surface area contributed by atoms with Gasteiger partial charge >= 0.3 is 0 Å². The van der Waals surface area contributed by atoms with Gasteiger partial charge in [0.2, 0.25) is 0 Å². The first-order valence-corrected chi connectivity index (χ1v) is 12.5. The largest absolute Gasteiger partial charge is 0.370 e. The molecule has 6 nitrogen and oxygen atoms in total. The number of hydrogen-bond donors (Lipinski definition) is 1. The minimum absolute atomic E-state index is 0.138. The van der Waals surface area contributed by atoms with Gasteiger partial charge in [0.1, 0.15) is 17.7 Å². The van der Waals surface area contributed by atoms with Gasteiger partial charge in [-0.05, 0) is 51.3 Å². The average Bonchev–Trinajstić information content (AvgIpc) is 3.57. The summed E-state index contributed by atoms with van der Waals surface area (Å²) in [7, 11) is 0. The molecule has 2 aromatic rings. The number of carbonyl (C=O) groups is 1. The van der Waals surface area contributed by atoms with Gasteiger partial charge in [0.05, 0.1) is 25.4 Å². The molecule has 8 heteroatoms. The summed E-state index contributed by atoms with van der Waals surface area (Å²) in [6, 6.07) is 11.8. The summed E-state index contributed by atoms with van der Waals surface area (Å²) >= 11 is 0. The summed E-state index contributed by atoms with van der Waals surface area (Å²) < 4.78 is 53.4. The van der Waals surface area contributed by atoms with E-state index in [-0.39, 0.29) is 37.1 Å². The van der Waals surface area contributed by atoms with Crippen LogP contribution in [0.1, 0.15) is 56.2 Å². The van der Waals surface area contributed by atoms with Gasteiger partial charge in [-0.25, -0.2) is 8.78 Å². The smallest absolute Gasteiger partial charge is 0.252 e. The molecule has 1 amide bonds. The van der Waals surface area contributed by atoms with Gasteiger partial charge in [-0.3, -0.25) is 4.79 Å². The number of amides is 1. The van der Waals surface area contributed by atoms with Crippen molar-refractivity contribution in [3.05, 3.63) is 70.8 Å². The Kier molecular flexibility index (Phi) is 6.89. The molecule has 1 unspecified atom stereocenters. The lowest BCUT2D eigenvalue weighted by Gasteiger charge is -2.43. The van der Waals surface area contributed by atoms with E-state index in [0.717, 1.165) is 24.0 Å². The van der Waals surface area contributed by atoms with E-state index in [4.69, 9.17) is 18.9 Å². The van der Waals surface area contributed by atoms with E-state index in [9.17, 15) is 13.6 Å². The summed E-state index contributed by atoms with van der Waals surface area (Å²) in [6.07, 6.45) is 0.682. The number of carbonyl (C=O) groups excluding carboxylic acids is 1. The molecule has 4 atom stereocenters. The fraction of sp³-hybridized carbons (Fsp3) is 0.536. The van der Waals surface area contributed by atoms with Crippen molar-refractivity contribution in [3.63, 3.8) is 0 Å². The molecule has 194 valence electrons. The van der Waals surface area contributed by atoms with Gasteiger partial charge in [-0.2, -0.15) is 0 Å². The van der Waals surface area contributed by atoms with Crippen LogP contribution in [0.15, 0.2) is 42.5 Å². The highest BCUT2D eigenvalue weighted by molar-refractivity contribution is 5.86. The molecule has 1 N–H and O–H groups in total. The molecule has 0 aromatic heterocycles. The zero-order chi connectivity index (χ0) is 25.5. The van der Waals surface area contributed by atoms with Crippen LogP contribution in [0.5, 0.6) is 0 Å². The molecule has 2 aliphatic carbocycles. The van der Waals surface area contributed by atoms with Gasteiger partial charge in [0.15, 0.2) is 11.4 Å². The first-order valence-electron chi connectivity index (χ1n) is 12.5. The summed E-state index contributed by atoms with van der Waals surface area (Å²) in [6.45, 7) is 5.54. The SMILES string of the molecule is Cc1cccc(CO[C@]2(C(=O)NC3CC3)CC(OCc3c(F)cccc3F)[C@@H]3OC(C)(C)O[C@@H]3C2)c1. The Bertz CT molecular complexity index is 1100.